The van der Waals surface area contributed by atoms with E-state index in [9.17, 15) is 19.5 Å². The Morgan fingerprint density at radius 1 is 0.950 bits per heavy atom. The van der Waals surface area contributed by atoms with E-state index in [0.29, 0.717) is 19.4 Å². The molecule has 3 aromatic rings. The van der Waals surface area contributed by atoms with E-state index in [-0.39, 0.29) is 51.1 Å². The third kappa shape index (κ3) is 6.02. The first-order valence-corrected chi connectivity index (χ1v) is 13.7. The maximum absolute atomic E-state index is 14.0. The zero-order valence-corrected chi connectivity index (χ0v) is 22.4. The maximum atomic E-state index is 14.0. The van der Waals surface area contributed by atoms with E-state index in [1.165, 1.54) is 0 Å². The van der Waals surface area contributed by atoms with Crippen LogP contribution in [-0.4, -0.2) is 60.9 Å². The van der Waals surface area contributed by atoms with Crippen molar-refractivity contribution in [3.05, 3.63) is 95.6 Å². The van der Waals surface area contributed by atoms with Gasteiger partial charge in [-0.2, -0.15) is 0 Å². The average Bonchev–Trinajstić information content (AvgIpc) is 3.31. The Balaban J connectivity index is 1.26. The molecule has 208 valence electrons. The van der Waals surface area contributed by atoms with Crippen molar-refractivity contribution in [2.24, 2.45) is 5.41 Å². The van der Waals surface area contributed by atoms with Gasteiger partial charge >= 0.3 is 12.1 Å². The van der Waals surface area contributed by atoms with E-state index >= 15 is 0 Å². The molecule has 1 aliphatic carbocycles. The second-order valence-electron chi connectivity index (χ2n) is 10.5. The summed E-state index contributed by atoms with van der Waals surface area (Å²) in [6, 6.07) is 25.7. The van der Waals surface area contributed by atoms with Crippen molar-refractivity contribution in [2.45, 2.75) is 31.7 Å². The monoisotopic (exact) mass is 542 g/mol. The largest absolute Gasteiger partial charge is 0.481 e. The van der Waals surface area contributed by atoms with Crippen LogP contribution >= 0.6 is 0 Å². The number of benzene rings is 3. The SMILES string of the molecule is O=C(O)CCN(Cc1ccccc1)C(=O)C1(CNC(=O)OCC2c3ccccc3-c3ccccc32)CCCOC1. The number of carboxylic acid groups (broad SMARTS) is 1. The highest BCUT2D eigenvalue weighted by Gasteiger charge is 2.43. The van der Waals surface area contributed by atoms with Gasteiger partial charge in [-0.05, 0) is 40.7 Å². The number of carbonyl (C=O) groups is 3. The predicted molar refractivity (Wildman–Crippen MR) is 150 cm³/mol. The third-order valence-corrected chi connectivity index (χ3v) is 7.79. The number of hydrogen-bond donors (Lipinski definition) is 2. The molecule has 0 spiro atoms. The molecule has 0 bridgehead atoms. The zero-order chi connectivity index (χ0) is 28.0. The van der Waals surface area contributed by atoms with Gasteiger partial charge in [0.15, 0.2) is 0 Å². The lowest BCUT2D eigenvalue weighted by atomic mass is 9.80. The molecule has 1 heterocycles. The van der Waals surface area contributed by atoms with Crippen LogP contribution in [0.3, 0.4) is 0 Å². The van der Waals surface area contributed by atoms with Crippen LogP contribution < -0.4 is 5.32 Å². The molecule has 8 heteroatoms. The molecule has 1 atom stereocenters. The van der Waals surface area contributed by atoms with Crippen LogP contribution in [0.4, 0.5) is 4.79 Å². The zero-order valence-electron chi connectivity index (χ0n) is 22.4. The fourth-order valence-corrected chi connectivity index (χ4v) is 5.75. The number of carboxylic acids is 1. The van der Waals surface area contributed by atoms with Crippen LogP contribution in [0.1, 0.15) is 41.9 Å². The Morgan fingerprint density at radius 2 is 1.60 bits per heavy atom. The second-order valence-corrected chi connectivity index (χ2v) is 10.5. The lowest BCUT2D eigenvalue weighted by Crippen LogP contribution is -2.54. The van der Waals surface area contributed by atoms with E-state index in [2.05, 4.69) is 29.6 Å². The first-order chi connectivity index (χ1) is 19.5. The Hall–Kier alpha value is -4.17. The number of amides is 2. The number of nitrogens with zero attached hydrogens (tertiary/aromatic N) is 1. The molecule has 0 saturated carbocycles. The van der Waals surface area contributed by atoms with Gasteiger partial charge in [-0.25, -0.2) is 4.79 Å². The minimum Gasteiger partial charge on any atom is -0.481 e. The summed E-state index contributed by atoms with van der Waals surface area (Å²) in [5.74, 6) is -1.27. The Morgan fingerprint density at radius 3 is 2.23 bits per heavy atom. The lowest BCUT2D eigenvalue weighted by Gasteiger charge is -2.39. The van der Waals surface area contributed by atoms with Crippen LogP contribution in [0.5, 0.6) is 0 Å². The smallest absolute Gasteiger partial charge is 0.407 e. The van der Waals surface area contributed by atoms with Gasteiger partial charge in [-0.1, -0.05) is 78.9 Å². The number of aliphatic carboxylic acids is 1. The van der Waals surface area contributed by atoms with E-state index < -0.39 is 17.5 Å². The van der Waals surface area contributed by atoms with E-state index in [1.807, 2.05) is 54.6 Å². The molecule has 0 radical (unpaired) electrons. The number of carbonyl (C=O) groups excluding carboxylic acids is 2. The van der Waals surface area contributed by atoms with Crippen molar-refractivity contribution in [1.29, 1.82) is 0 Å². The van der Waals surface area contributed by atoms with Crippen molar-refractivity contribution in [3.63, 3.8) is 0 Å². The molecule has 1 aliphatic heterocycles. The first-order valence-electron chi connectivity index (χ1n) is 13.7. The molecule has 1 fully saturated rings. The van der Waals surface area contributed by atoms with Gasteiger partial charge in [0.1, 0.15) is 6.61 Å². The van der Waals surface area contributed by atoms with Crippen molar-refractivity contribution < 1.29 is 29.0 Å². The van der Waals surface area contributed by atoms with Crippen molar-refractivity contribution in [2.75, 3.05) is 32.9 Å². The van der Waals surface area contributed by atoms with E-state index in [1.54, 1.807) is 4.90 Å². The standard InChI is InChI=1S/C32H34N2O6/c35-29(36)15-17-34(19-23-9-2-1-3-10-23)30(37)32(16-8-18-39-22-32)21-33-31(38)40-20-28-26-13-6-4-11-24(26)25-12-5-7-14-27(25)28/h1-7,9-14,28H,8,15-22H2,(H,33,38)(H,35,36). The summed E-state index contributed by atoms with van der Waals surface area (Å²) in [4.78, 5) is 39.8. The van der Waals surface area contributed by atoms with Gasteiger partial charge in [0, 0.05) is 32.2 Å². The first kappa shape index (κ1) is 27.4. The quantitative estimate of drug-likeness (QED) is 0.380. The van der Waals surface area contributed by atoms with Crippen LogP contribution in [-0.2, 0) is 25.6 Å². The maximum Gasteiger partial charge on any atom is 0.407 e. The molecule has 40 heavy (non-hydrogen) atoms. The molecule has 2 aliphatic rings. The van der Waals surface area contributed by atoms with Gasteiger partial charge in [0.25, 0.3) is 0 Å². The molecule has 8 nitrogen and oxygen atoms in total. The van der Waals surface area contributed by atoms with Gasteiger partial charge in [-0.3, -0.25) is 9.59 Å². The van der Waals surface area contributed by atoms with Crippen LogP contribution in [0.25, 0.3) is 11.1 Å². The highest BCUT2D eigenvalue weighted by atomic mass is 16.5. The summed E-state index contributed by atoms with van der Waals surface area (Å²) < 4.78 is 11.4. The number of ether oxygens (including phenoxy) is 2. The van der Waals surface area contributed by atoms with E-state index in [0.717, 1.165) is 27.8 Å². The van der Waals surface area contributed by atoms with Crippen molar-refractivity contribution in [3.8, 4) is 11.1 Å². The van der Waals surface area contributed by atoms with Crippen LogP contribution in [0.15, 0.2) is 78.9 Å². The van der Waals surface area contributed by atoms with Gasteiger partial charge < -0.3 is 24.8 Å². The highest BCUT2D eigenvalue weighted by Crippen LogP contribution is 2.44. The molecular weight excluding hydrogens is 508 g/mol. The summed E-state index contributed by atoms with van der Waals surface area (Å²) in [5.41, 5.74) is 4.44. The van der Waals surface area contributed by atoms with Crippen molar-refractivity contribution in [1.82, 2.24) is 10.2 Å². The molecule has 1 unspecified atom stereocenters. The molecule has 2 amide bonds. The summed E-state index contributed by atoms with van der Waals surface area (Å²) >= 11 is 0. The number of hydrogen-bond acceptors (Lipinski definition) is 5. The molecule has 5 rings (SSSR count). The molecule has 3 aromatic carbocycles. The second kappa shape index (κ2) is 12.3. The molecular formula is C32H34N2O6. The molecule has 1 saturated heterocycles. The Labute approximate surface area is 233 Å². The Kier molecular flexibility index (Phi) is 8.45. The highest BCUT2D eigenvalue weighted by molar-refractivity contribution is 5.84. The number of alkyl carbamates (subject to hydrolysis) is 1. The van der Waals surface area contributed by atoms with Crippen molar-refractivity contribution >= 4 is 18.0 Å². The van der Waals surface area contributed by atoms with Gasteiger partial charge in [-0.15, -0.1) is 0 Å². The topological polar surface area (TPSA) is 105 Å². The molecule has 0 aromatic heterocycles. The lowest BCUT2D eigenvalue weighted by molar-refractivity contribution is -0.151. The van der Waals surface area contributed by atoms with Gasteiger partial charge in [0.05, 0.1) is 18.4 Å². The summed E-state index contributed by atoms with van der Waals surface area (Å²) in [6.45, 7) is 1.24. The number of fused-ring (bicyclic) bond motifs is 3. The fraction of sp³-hybridized carbons (Fsp3) is 0.344. The average molecular weight is 543 g/mol. The van der Waals surface area contributed by atoms with E-state index in [4.69, 9.17) is 9.47 Å². The summed E-state index contributed by atoms with van der Waals surface area (Å²) in [6.07, 6.45) is 0.416. The summed E-state index contributed by atoms with van der Waals surface area (Å²) in [7, 11) is 0. The fourth-order valence-electron chi connectivity index (χ4n) is 5.75. The predicted octanol–water partition coefficient (Wildman–Crippen LogP) is 4.83. The molecule has 2 N–H and O–H groups in total. The van der Waals surface area contributed by atoms with Gasteiger partial charge in [0.2, 0.25) is 5.91 Å². The number of rotatable bonds is 10. The minimum absolute atomic E-state index is 0.0425. The normalized spacial score (nSPS) is 17.9. The number of nitrogens with one attached hydrogen (secondary N) is 1. The summed E-state index contributed by atoms with van der Waals surface area (Å²) in [5, 5.41) is 12.1. The van der Waals surface area contributed by atoms with Crippen LogP contribution in [0.2, 0.25) is 0 Å². The third-order valence-electron chi connectivity index (χ3n) is 7.79. The van der Waals surface area contributed by atoms with Crippen LogP contribution in [0, 0.1) is 5.41 Å². The minimum atomic E-state index is -1.00. The Bertz CT molecular complexity index is 1310.